The van der Waals surface area contributed by atoms with Crippen LogP contribution in [0.2, 0.25) is 0 Å². The fourth-order valence-corrected chi connectivity index (χ4v) is 1.89. The van der Waals surface area contributed by atoms with E-state index in [1.165, 1.54) is 0 Å². The van der Waals surface area contributed by atoms with Gasteiger partial charge in [-0.3, -0.25) is 0 Å². The van der Waals surface area contributed by atoms with Crippen molar-refractivity contribution in [2.24, 2.45) is 0 Å². The Labute approximate surface area is 78.6 Å². The molecule has 0 saturated heterocycles. The molecular weight excluding hydrogens is 162 g/mol. The zero-order chi connectivity index (χ0) is 9.26. The van der Waals surface area contributed by atoms with Gasteiger partial charge in [-0.1, -0.05) is 13.0 Å². The summed E-state index contributed by atoms with van der Waals surface area (Å²) in [5.74, 6) is 0.430. The van der Waals surface area contributed by atoms with E-state index in [0.29, 0.717) is 11.8 Å². The molecule has 0 unspecified atom stereocenters. The van der Waals surface area contributed by atoms with E-state index in [1.807, 2.05) is 12.1 Å². The molecule has 0 bridgehead atoms. The summed E-state index contributed by atoms with van der Waals surface area (Å²) in [5.41, 5.74) is 2.19. The summed E-state index contributed by atoms with van der Waals surface area (Å²) in [6, 6.07) is 6.26. The first-order valence-corrected chi connectivity index (χ1v) is 4.88. The normalized spacial score (nSPS) is 20.5. The quantitative estimate of drug-likeness (QED) is 0.691. The lowest BCUT2D eigenvalue weighted by atomic mass is 9.96. The number of fused-ring (bicyclic) bond motifs is 1. The van der Waals surface area contributed by atoms with E-state index < -0.39 is 0 Å². The summed E-state index contributed by atoms with van der Waals surface area (Å²) in [4.78, 5) is 0. The van der Waals surface area contributed by atoms with E-state index in [1.54, 1.807) is 6.07 Å². The minimum Gasteiger partial charge on any atom is -0.508 e. The van der Waals surface area contributed by atoms with Gasteiger partial charge >= 0.3 is 0 Å². The van der Waals surface area contributed by atoms with Crippen LogP contribution in [-0.4, -0.2) is 11.1 Å². The fraction of sp³-hybridized carbons (Fsp3) is 0.455. The maximum atomic E-state index is 9.58. The van der Waals surface area contributed by atoms with Crippen LogP contribution >= 0.6 is 0 Å². The van der Waals surface area contributed by atoms with E-state index in [-0.39, 0.29) is 0 Å². The maximum Gasteiger partial charge on any atom is 0.120 e. The van der Waals surface area contributed by atoms with Gasteiger partial charge in [-0.25, -0.2) is 0 Å². The van der Waals surface area contributed by atoms with Gasteiger partial charge in [0, 0.05) is 17.3 Å². The first kappa shape index (κ1) is 8.42. The van der Waals surface area contributed by atoms with E-state index in [2.05, 4.69) is 12.2 Å². The highest BCUT2D eigenvalue weighted by molar-refractivity contribution is 5.59. The lowest BCUT2D eigenvalue weighted by Crippen LogP contribution is -2.24. The third kappa shape index (κ3) is 1.48. The van der Waals surface area contributed by atoms with Crippen molar-refractivity contribution >= 4 is 5.69 Å². The molecule has 0 spiro atoms. The number of anilines is 1. The molecule has 1 heterocycles. The number of phenols is 1. The number of hydrogen-bond donors (Lipinski definition) is 2. The molecule has 0 amide bonds. The van der Waals surface area contributed by atoms with Gasteiger partial charge in [-0.15, -0.1) is 0 Å². The van der Waals surface area contributed by atoms with Crippen LogP contribution in [0.15, 0.2) is 18.2 Å². The minimum absolute atomic E-state index is 0.430. The van der Waals surface area contributed by atoms with Gasteiger partial charge in [0.05, 0.1) is 0 Å². The van der Waals surface area contributed by atoms with Gasteiger partial charge < -0.3 is 10.4 Å². The molecule has 1 aliphatic heterocycles. The number of nitrogens with one attached hydrogen (secondary N) is 1. The highest BCUT2D eigenvalue weighted by Crippen LogP contribution is 2.31. The molecule has 0 fully saturated rings. The van der Waals surface area contributed by atoms with Crippen molar-refractivity contribution in [3.05, 3.63) is 23.8 Å². The van der Waals surface area contributed by atoms with E-state index in [4.69, 9.17) is 0 Å². The summed E-state index contributed by atoms with van der Waals surface area (Å²) in [7, 11) is 0. The van der Waals surface area contributed by atoms with Crippen molar-refractivity contribution in [3.63, 3.8) is 0 Å². The summed E-state index contributed by atoms with van der Waals surface area (Å²) < 4.78 is 0. The average molecular weight is 177 g/mol. The zero-order valence-electron chi connectivity index (χ0n) is 7.88. The maximum absolute atomic E-state index is 9.58. The molecule has 13 heavy (non-hydrogen) atoms. The largest absolute Gasteiger partial charge is 0.508 e. The van der Waals surface area contributed by atoms with Crippen LogP contribution in [0.25, 0.3) is 0 Å². The third-order valence-corrected chi connectivity index (χ3v) is 2.75. The Morgan fingerprint density at radius 3 is 3.15 bits per heavy atom. The molecule has 1 atom stereocenters. The number of aromatic hydroxyl groups is 1. The molecule has 0 aromatic heterocycles. The first-order valence-electron chi connectivity index (χ1n) is 4.88. The monoisotopic (exact) mass is 177 g/mol. The van der Waals surface area contributed by atoms with E-state index in [9.17, 15) is 5.11 Å². The van der Waals surface area contributed by atoms with Crippen molar-refractivity contribution < 1.29 is 5.11 Å². The van der Waals surface area contributed by atoms with E-state index >= 15 is 0 Å². The van der Waals surface area contributed by atoms with Crippen LogP contribution in [0.5, 0.6) is 5.75 Å². The summed E-state index contributed by atoms with van der Waals surface area (Å²) in [5, 5.41) is 13.0. The lowest BCUT2D eigenvalue weighted by molar-refractivity contribution is 0.463. The van der Waals surface area contributed by atoms with Gasteiger partial charge in [0.2, 0.25) is 0 Å². The number of hydrogen-bond acceptors (Lipinski definition) is 2. The second-order valence-corrected chi connectivity index (χ2v) is 3.59. The average Bonchev–Trinajstić information content (AvgIpc) is 2.18. The fourth-order valence-electron chi connectivity index (χ4n) is 1.89. The Hall–Kier alpha value is -1.18. The summed E-state index contributed by atoms with van der Waals surface area (Å²) in [6.45, 7) is 2.19. The summed E-state index contributed by atoms with van der Waals surface area (Å²) >= 11 is 0. The van der Waals surface area contributed by atoms with Crippen molar-refractivity contribution in [1.82, 2.24) is 0 Å². The predicted octanol–water partition coefficient (Wildman–Crippen LogP) is 2.53. The topological polar surface area (TPSA) is 32.3 Å². The Bertz CT molecular complexity index is 309. The highest BCUT2D eigenvalue weighted by Gasteiger charge is 2.17. The third-order valence-electron chi connectivity index (χ3n) is 2.75. The van der Waals surface area contributed by atoms with Crippen molar-refractivity contribution in [3.8, 4) is 5.75 Å². The van der Waals surface area contributed by atoms with Gasteiger partial charge in [0.1, 0.15) is 5.75 Å². The van der Waals surface area contributed by atoms with Gasteiger partial charge in [-0.05, 0) is 31.4 Å². The molecule has 2 nitrogen and oxygen atoms in total. The van der Waals surface area contributed by atoms with Crippen LogP contribution in [0.3, 0.4) is 0 Å². The van der Waals surface area contributed by atoms with Crippen LogP contribution in [0.4, 0.5) is 5.69 Å². The second-order valence-electron chi connectivity index (χ2n) is 3.59. The SMILES string of the molecule is CC[C@H]1CCc2c(O)cccc2N1. The van der Waals surface area contributed by atoms with E-state index in [0.717, 1.165) is 30.5 Å². The molecule has 1 aromatic carbocycles. The second kappa shape index (κ2) is 3.29. The minimum atomic E-state index is 0.430. The van der Waals surface area contributed by atoms with Crippen LogP contribution in [0, 0.1) is 0 Å². The standard InChI is InChI=1S/C11H15NO/c1-2-8-6-7-9-10(12-8)4-3-5-11(9)13/h3-5,8,12-13H,2,6-7H2,1H3/t8-/m0/s1. The molecule has 2 N–H and O–H groups in total. The number of benzene rings is 1. The predicted molar refractivity (Wildman–Crippen MR) is 54.1 cm³/mol. The van der Waals surface area contributed by atoms with Crippen molar-refractivity contribution in [2.75, 3.05) is 5.32 Å². The molecule has 2 heteroatoms. The van der Waals surface area contributed by atoms with Crippen LogP contribution in [-0.2, 0) is 6.42 Å². The van der Waals surface area contributed by atoms with Gasteiger partial charge in [0.15, 0.2) is 0 Å². The lowest BCUT2D eigenvalue weighted by Gasteiger charge is -2.26. The van der Waals surface area contributed by atoms with Gasteiger partial charge in [0.25, 0.3) is 0 Å². The molecule has 0 saturated carbocycles. The molecule has 1 aliphatic rings. The molecule has 0 radical (unpaired) electrons. The Morgan fingerprint density at radius 1 is 1.54 bits per heavy atom. The Morgan fingerprint density at radius 2 is 2.38 bits per heavy atom. The first-order chi connectivity index (χ1) is 6.31. The van der Waals surface area contributed by atoms with Crippen molar-refractivity contribution in [2.45, 2.75) is 32.2 Å². The smallest absolute Gasteiger partial charge is 0.120 e. The molecule has 1 aromatic rings. The van der Waals surface area contributed by atoms with Crippen LogP contribution in [0.1, 0.15) is 25.3 Å². The highest BCUT2D eigenvalue weighted by atomic mass is 16.3. The number of phenolic OH excluding ortho intramolecular Hbond substituents is 1. The molecular formula is C11H15NO. The Balaban J connectivity index is 2.31. The van der Waals surface area contributed by atoms with Crippen LogP contribution < -0.4 is 5.32 Å². The Kier molecular flexibility index (Phi) is 2.13. The van der Waals surface area contributed by atoms with Crippen molar-refractivity contribution in [1.29, 1.82) is 0 Å². The number of rotatable bonds is 1. The summed E-state index contributed by atoms with van der Waals surface area (Å²) in [6.07, 6.45) is 3.27. The molecule has 2 rings (SSSR count). The molecule has 0 aliphatic carbocycles. The van der Waals surface area contributed by atoms with Gasteiger partial charge in [-0.2, -0.15) is 0 Å². The zero-order valence-corrected chi connectivity index (χ0v) is 7.88. The molecule has 70 valence electrons.